The number of ketones is 1. The van der Waals surface area contributed by atoms with E-state index in [2.05, 4.69) is 0 Å². The van der Waals surface area contributed by atoms with E-state index in [0.717, 1.165) is 25.9 Å². The molecule has 1 fully saturated rings. The van der Waals surface area contributed by atoms with Gasteiger partial charge in [-0.3, -0.25) is 9.59 Å². The van der Waals surface area contributed by atoms with Crippen molar-refractivity contribution in [3.8, 4) is 11.5 Å². The van der Waals surface area contributed by atoms with Crippen LogP contribution in [0.3, 0.4) is 0 Å². The molecular weight excluding hydrogens is 385 g/mol. The van der Waals surface area contributed by atoms with Crippen LogP contribution in [0.15, 0.2) is 42.2 Å². The number of hydrogen-bond acceptors (Lipinski definition) is 4. The van der Waals surface area contributed by atoms with Gasteiger partial charge in [0.2, 0.25) is 5.78 Å². The van der Waals surface area contributed by atoms with Crippen LogP contribution < -0.4 is 9.47 Å². The van der Waals surface area contributed by atoms with Gasteiger partial charge in [-0.25, -0.2) is 4.39 Å². The van der Waals surface area contributed by atoms with Crippen molar-refractivity contribution in [2.45, 2.75) is 12.8 Å². The fourth-order valence-corrected chi connectivity index (χ4v) is 3.46. The largest absolute Gasteiger partial charge is 0.484 e. The Hall–Kier alpha value is -2.86. The molecule has 0 unspecified atom stereocenters. The number of fused-ring (bicyclic) bond motifs is 1. The molecule has 4 rings (SSSR count). The van der Waals surface area contributed by atoms with E-state index >= 15 is 0 Å². The average molecular weight is 402 g/mol. The first-order chi connectivity index (χ1) is 13.5. The zero-order chi connectivity index (χ0) is 19.7. The van der Waals surface area contributed by atoms with Gasteiger partial charge < -0.3 is 14.4 Å². The third kappa shape index (κ3) is 3.60. The first-order valence-corrected chi connectivity index (χ1v) is 9.33. The summed E-state index contributed by atoms with van der Waals surface area (Å²) in [6.45, 7) is 1.45. The molecule has 1 amide bonds. The Balaban J connectivity index is 1.50. The number of hydrogen-bond donors (Lipinski definition) is 0. The molecule has 0 bridgehead atoms. The minimum atomic E-state index is -0.545. The molecule has 0 spiro atoms. The standard InChI is InChI=1S/C21H17ClFNO4/c22-16-4-3-5-17(23)15(16)11-19-21(26)14-7-6-13(10-18(14)28-19)27-12-20(25)24-8-1-2-9-24/h3-7,10-11H,1-2,8-9,12H2. The van der Waals surface area contributed by atoms with Gasteiger partial charge in [-0.15, -0.1) is 0 Å². The van der Waals surface area contributed by atoms with Crippen LogP contribution in [-0.4, -0.2) is 36.3 Å². The van der Waals surface area contributed by atoms with Gasteiger partial charge in [0.05, 0.1) is 10.6 Å². The van der Waals surface area contributed by atoms with Crippen molar-refractivity contribution in [1.29, 1.82) is 0 Å². The predicted molar refractivity (Wildman–Crippen MR) is 102 cm³/mol. The smallest absolute Gasteiger partial charge is 0.260 e. The van der Waals surface area contributed by atoms with Gasteiger partial charge in [0, 0.05) is 24.7 Å². The number of carbonyl (C=O) groups excluding carboxylic acids is 2. The summed E-state index contributed by atoms with van der Waals surface area (Å²) in [5.74, 6) is -0.276. The van der Waals surface area contributed by atoms with Gasteiger partial charge in [0.1, 0.15) is 17.3 Å². The van der Waals surface area contributed by atoms with Gasteiger partial charge in [-0.05, 0) is 43.2 Å². The summed E-state index contributed by atoms with van der Waals surface area (Å²) in [5.41, 5.74) is 0.435. The summed E-state index contributed by atoms with van der Waals surface area (Å²) < 4.78 is 25.1. The third-order valence-corrected chi connectivity index (χ3v) is 5.07. The molecule has 28 heavy (non-hydrogen) atoms. The van der Waals surface area contributed by atoms with E-state index in [9.17, 15) is 14.0 Å². The van der Waals surface area contributed by atoms with E-state index in [1.54, 1.807) is 23.1 Å². The second-order valence-corrected chi connectivity index (χ2v) is 7.02. The average Bonchev–Trinajstić information content (AvgIpc) is 3.32. The van der Waals surface area contributed by atoms with Gasteiger partial charge >= 0.3 is 0 Å². The molecule has 2 aromatic rings. The molecule has 0 aromatic heterocycles. The lowest BCUT2D eigenvalue weighted by Crippen LogP contribution is -2.32. The molecule has 2 aliphatic heterocycles. The van der Waals surface area contributed by atoms with Crippen molar-refractivity contribution >= 4 is 29.4 Å². The molecule has 0 radical (unpaired) electrons. The maximum atomic E-state index is 14.0. The van der Waals surface area contributed by atoms with E-state index in [4.69, 9.17) is 21.1 Å². The Bertz CT molecular complexity index is 962. The van der Waals surface area contributed by atoms with Crippen LogP contribution in [0.4, 0.5) is 4.39 Å². The minimum Gasteiger partial charge on any atom is -0.484 e. The van der Waals surface area contributed by atoms with Crippen LogP contribution in [0.25, 0.3) is 6.08 Å². The number of nitrogens with zero attached hydrogens (tertiary/aromatic N) is 1. The summed E-state index contributed by atoms with van der Waals surface area (Å²) in [6, 6.07) is 9.00. The summed E-state index contributed by atoms with van der Waals surface area (Å²) in [4.78, 5) is 26.4. The Labute approximate surface area is 166 Å². The van der Waals surface area contributed by atoms with Crippen LogP contribution in [0.2, 0.25) is 5.02 Å². The molecule has 0 saturated carbocycles. The lowest BCUT2D eigenvalue weighted by molar-refractivity contribution is -0.132. The van der Waals surface area contributed by atoms with Crippen LogP contribution in [0, 0.1) is 5.82 Å². The van der Waals surface area contributed by atoms with E-state index in [-0.39, 0.29) is 34.6 Å². The number of Topliss-reactive ketones (excluding diaryl/α,β-unsaturated/α-hetero) is 1. The van der Waals surface area contributed by atoms with Crippen molar-refractivity contribution in [1.82, 2.24) is 4.90 Å². The van der Waals surface area contributed by atoms with Crippen molar-refractivity contribution in [3.63, 3.8) is 0 Å². The van der Waals surface area contributed by atoms with Gasteiger partial charge in [-0.1, -0.05) is 17.7 Å². The first kappa shape index (κ1) is 18.5. The number of ether oxygens (including phenoxy) is 2. The Kier molecular flexibility index (Phi) is 5.05. The molecule has 7 heteroatoms. The minimum absolute atomic E-state index is 0.0210. The summed E-state index contributed by atoms with van der Waals surface area (Å²) in [5, 5.41) is 0.185. The lowest BCUT2D eigenvalue weighted by Gasteiger charge is -2.15. The molecule has 5 nitrogen and oxygen atoms in total. The molecule has 2 aromatic carbocycles. The predicted octanol–water partition coefficient (Wildman–Crippen LogP) is 4.10. The van der Waals surface area contributed by atoms with E-state index in [1.807, 2.05) is 0 Å². The SMILES string of the molecule is O=C1C(=Cc2c(F)cccc2Cl)Oc2cc(OCC(=O)N3CCCC3)ccc21. The number of benzene rings is 2. The highest BCUT2D eigenvalue weighted by Gasteiger charge is 2.28. The summed E-state index contributed by atoms with van der Waals surface area (Å²) in [7, 11) is 0. The van der Waals surface area contributed by atoms with Crippen molar-refractivity contribution < 1.29 is 23.5 Å². The topological polar surface area (TPSA) is 55.8 Å². The molecule has 0 atom stereocenters. The monoisotopic (exact) mass is 401 g/mol. The number of likely N-dealkylation sites (tertiary alicyclic amines) is 1. The van der Waals surface area contributed by atoms with Gasteiger partial charge in [0.25, 0.3) is 5.91 Å². The molecular formula is C21H17ClFNO4. The maximum Gasteiger partial charge on any atom is 0.260 e. The van der Waals surface area contributed by atoms with Crippen LogP contribution >= 0.6 is 11.6 Å². The van der Waals surface area contributed by atoms with Crippen molar-refractivity contribution in [3.05, 3.63) is 64.1 Å². The molecule has 0 aliphatic carbocycles. The summed E-state index contributed by atoms with van der Waals surface area (Å²) in [6.07, 6.45) is 3.32. The number of carbonyl (C=O) groups is 2. The second kappa shape index (κ2) is 7.64. The van der Waals surface area contributed by atoms with Crippen LogP contribution in [0.1, 0.15) is 28.8 Å². The van der Waals surface area contributed by atoms with E-state index < -0.39 is 5.82 Å². The van der Waals surface area contributed by atoms with E-state index in [1.165, 1.54) is 24.3 Å². The van der Waals surface area contributed by atoms with Crippen LogP contribution in [0.5, 0.6) is 11.5 Å². The highest BCUT2D eigenvalue weighted by molar-refractivity contribution is 6.32. The Morgan fingerprint density at radius 3 is 2.79 bits per heavy atom. The molecule has 2 aliphatic rings. The Morgan fingerprint density at radius 2 is 2.04 bits per heavy atom. The first-order valence-electron chi connectivity index (χ1n) is 8.96. The fourth-order valence-electron chi connectivity index (χ4n) is 3.24. The lowest BCUT2D eigenvalue weighted by atomic mass is 10.1. The number of rotatable bonds is 4. The number of halogens is 2. The molecule has 2 heterocycles. The zero-order valence-electron chi connectivity index (χ0n) is 14.9. The Morgan fingerprint density at radius 1 is 1.25 bits per heavy atom. The van der Waals surface area contributed by atoms with Crippen molar-refractivity contribution in [2.75, 3.05) is 19.7 Å². The van der Waals surface area contributed by atoms with Gasteiger partial charge in [0.15, 0.2) is 12.4 Å². The maximum absolute atomic E-state index is 14.0. The summed E-state index contributed by atoms with van der Waals surface area (Å²) >= 11 is 6.01. The zero-order valence-corrected chi connectivity index (χ0v) is 15.7. The van der Waals surface area contributed by atoms with Gasteiger partial charge in [-0.2, -0.15) is 0 Å². The number of allylic oxidation sites excluding steroid dienone is 1. The third-order valence-electron chi connectivity index (χ3n) is 4.74. The number of amides is 1. The molecule has 1 saturated heterocycles. The molecule has 144 valence electrons. The second-order valence-electron chi connectivity index (χ2n) is 6.61. The van der Waals surface area contributed by atoms with E-state index in [0.29, 0.717) is 17.1 Å². The van der Waals surface area contributed by atoms with Crippen LogP contribution in [-0.2, 0) is 4.79 Å². The highest BCUT2D eigenvalue weighted by Crippen LogP contribution is 2.35. The quantitative estimate of drug-likeness (QED) is 0.724. The van der Waals surface area contributed by atoms with Crippen molar-refractivity contribution in [2.24, 2.45) is 0 Å². The fraction of sp³-hybridized carbons (Fsp3) is 0.238. The highest BCUT2D eigenvalue weighted by atomic mass is 35.5. The normalized spacial score (nSPS) is 17.0. The molecule has 0 N–H and O–H groups in total.